The molecule has 0 saturated heterocycles. The Morgan fingerprint density at radius 2 is 2.45 bits per heavy atom. The SMILES string of the molecule is N#C/C(=N\O)C1C=CC=CN1. The largest absolute Gasteiger partial charge is 0.410 e. The highest BCUT2D eigenvalue weighted by Crippen LogP contribution is 1.96. The number of hydrogen-bond acceptors (Lipinski definition) is 4. The zero-order valence-corrected chi connectivity index (χ0v) is 5.73. The van der Waals surface area contributed by atoms with Crippen molar-refractivity contribution in [2.75, 3.05) is 0 Å². The smallest absolute Gasteiger partial charge is 0.182 e. The highest BCUT2D eigenvalue weighted by Gasteiger charge is 2.11. The highest BCUT2D eigenvalue weighted by molar-refractivity contribution is 6.03. The Balaban J connectivity index is 2.70. The van der Waals surface area contributed by atoms with Crippen LogP contribution >= 0.6 is 0 Å². The van der Waals surface area contributed by atoms with Crippen LogP contribution in [0.5, 0.6) is 0 Å². The first-order valence-electron chi connectivity index (χ1n) is 3.10. The Kier molecular flexibility index (Phi) is 2.28. The number of nitrogens with one attached hydrogen (secondary N) is 1. The molecule has 1 unspecified atom stereocenters. The second-order valence-electron chi connectivity index (χ2n) is 1.99. The van der Waals surface area contributed by atoms with Gasteiger partial charge in [0.05, 0.1) is 0 Å². The third-order valence-corrected chi connectivity index (χ3v) is 1.30. The van der Waals surface area contributed by atoms with E-state index in [0.29, 0.717) is 0 Å². The van der Waals surface area contributed by atoms with Gasteiger partial charge in [-0.05, 0) is 12.3 Å². The fourth-order valence-electron chi connectivity index (χ4n) is 0.770. The minimum absolute atomic E-state index is 0.0607. The van der Waals surface area contributed by atoms with Crippen LogP contribution in [0.3, 0.4) is 0 Å². The second-order valence-corrected chi connectivity index (χ2v) is 1.99. The lowest BCUT2D eigenvalue weighted by atomic mass is 10.1. The van der Waals surface area contributed by atoms with Gasteiger partial charge in [0.1, 0.15) is 12.1 Å². The van der Waals surface area contributed by atoms with Crippen molar-refractivity contribution in [3.63, 3.8) is 0 Å². The van der Waals surface area contributed by atoms with E-state index >= 15 is 0 Å². The van der Waals surface area contributed by atoms with Gasteiger partial charge < -0.3 is 10.5 Å². The lowest BCUT2D eigenvalue weighted by Crippen LogP contribution is -2.31. The quantitative estimate of drug-likeness (QED) is 0.322. The summed E-state index contributed by atoms with van der Waals surface area (Å²) in [5, 5.41) is 22.5. The lowest BCUT2D eigenvalue weighted by Gasteiger charge is -2.11. The molecule has 0 aromatic heterocycles. The normalized spacial score (nSPS) is 22.5. The first-order valence-corrected chi connectivity index (χ1v) is 3.10. The van der Waals surface area contributed by atoms with Crippen molar-refractivity contribution in [1.82, 2.24) is 5.32 Å². The van der Waals surface area contributed by atoms with Gasteiger partial charge in [0, 0.05) is 0 Å². The molecule has 11 heavy (non-hydrogen) atoms. The first kappa shape index (κ1) is 7.35. The van der Waals surface area contributed by atoms with E-state index in [-0.39, 0.29) is 11.8 Å². The molecule has 4 nitrogen and oxygen atoms in total. The van der Waals surface area contributed by atoms with Crippen LogP contribution in [0.15, 0.2) is 29.6 Å². The maximum Gasteiger partial charge on any atom is 0.182 e. The monoisotopic (exact) mass is 149 g/mol. The molecular weight excluding hydrogens is 142 g/mol. The Labute approximate surface area is 64.1 Å². The van der Waals surface area contributed by atoms with Crippen molar-refractivity contribution in [3.8, 4) is 6.07 Å². The van der Waals surface area contributed by atoms with Crippen LogP contribution in [0, 0.1) is 11.3 Å². The molecule has 1 atom stereocenters. The molecule has 1 rings (SSSR count). The highest BCUT2D eigenvalue weighted by atomic mass is 16.4. The van der Waals surface area contributed by atoms with E-state index in [4.69, 9.17) is 10.5 Å². The predicted octanol–water partition coefficient (Wildman–Crippen LogP) is 0.382. The zero-order valence-electron chi connectivity index (χ0n) is 5.73. The topological polar surface area (TPSA) is 68.4 Å². The summed E-state index contributed by atoms with van der Waals surface area (Å²) in [5.74, 6) is 0. The van der Waals surface area contributed by atoms with Crippen molar-refractivity contribution < 1.29 is 5.21 Å². The van der Waals surface area contributed by atoms with Crippen LogP contribution in [0.1, 0.15) is 0 Å². The van der Waals surface area contributed by atoms with Gasteiger partial charge in [0.2, 0.25) is 0 Å². The molecule has 56 valence electrons. The maximum absolute atomic E-state index is 8.44. The van der Waals surface area contributed by atoms with Crippen molar-refractivity contribution in [1.29, 1.82) is 5.26 Å². The van der Waals surface area contributed by atoms with E-state index in [2.05, 4.69) is 10.5 Å². The molecule has 2 N–H and O–H groups in total. The molecule has 1 heterocycles. The molecular formula is C7H7N3O. The minimum atomic E-state index is -0.296. The summed E-state index contributed by atoms with van der Waals surface area (Å²) in [7, 11) is 0. The second kappa shape index (κ2) is 3.42. The van der Waals surface area contributed by atoms with Crippen LogP contribution in [-0.4, -0.2) is 17.0 Å². The zero-order chi connectivity index (χ0) is 8.10. The van der Waals surface area contributed by atoms with Crippen molar-refractivity contribution in [3.05, 3.63) is 24.4 Å². The predicted molar refractivity (Wildman–Crippen MR) is 40.0 cm³/mol. The molecule has 1 aliphatic heterocycles. The summed E-state index contributed by atoms with van der Waals surface area (Å²) in [6, 6.07) is 1.48. The van der Waals surface area contributed by atoms with Gasteiger partial charge in [-0.1, -0.05) is 17.3 Å². The van der Waals surface area contributed by atoms with Crippen LogP contribution in [0.4, 0.5) is 0 Å². The number of hydrogen-bond donors (Lipinski definition) is 2. The third-order valence-electron chi connectivity index (χ3n) is 1.30. The van der Waals surface area contributed by atoms with Crippen LogP contribution in [-0.2, 0) is 0 Å². The van der Waals surface area contributed by atoms with Crippen molar-refractivity contribution >= 4 is 5.71 Å². The standard InChI is InChI=1S/C7H7N3O/c8-5-7(10-11)6-3-1-2-4-9-6/h1-4,6,9,11H/b10-7+. The lowest BCUT2D eigenvalue weighted by molar-refractivity contribution is 0.318. The van der Waals surface area contributed by atoms with E-state index < -0.39 is 0 Å². The van der Waals surface area contributed by atoms with Crippen molar-refractivity contribution in [2.45, 2.75) is 6.04 Å². The van der Waals surface area contributed by atoms with E-state index in [1.807, 2.05) is 0 Å². The average Bonchev–Trinajstić information content (AvgIpc) is 2.09. The molecule has 0 amide bonds. The van der Waals surface area contributed by atoms with E-state index in [1.54, 1.807) is 30.5 Å². The molecule has 0 aromatic carbocycles. The summed E-state index contributed by atoms with van der Waals surface area (Å²) in [4.78, 5) is 0. The van der Waals surface area contributed by atoms with Gasteiger partial charge in [0.15, 0.2) is 5.71 Å². The van der Waals surface area contributed by atoms with E-state index in [9.17, 15) is 0 Å². The molecule has 1 aliphatic rings. The molecule has 0 aliphatic carbocycles. The van der Waals surface area contributed by atoms with Crippen LogP contribution in [0.25, 0.3) is 0 Å². The van der Waals surface area contributed by atoms with Gasteiger partial charge in [-0.2, -0.15) is 5.26 Å². The summed E-state index contributed by atoms with van der Waals surface area (Å²) in [6.45, 7) is 0. The molecule has 0 bridgehead atoms. The third kappa shape index (κ3) is 1.58. The number of oxime groups is 1. The molecule has 0 fully saturated rings. The Morgan fingerprint density at radius 1 is 1.64 bits per heavy atom. The van der Waals surface area contributed by atoms with Crippen molar-refractivity contribution in [2.24, 2.45) is 5.16 Å². The maximum atomic E-state index is 8.44. The fraction of sp³-hybridized carbons (Fsp3) is 0.143. The molecule has 0 radical (unpaired) electrons. The molecule has 0 spiro atoms. The summed E-state index contributed by atoms with van der Waals surface area (Å²) in [5.41, 5.74) is 0.0607. The Hall–Kier alpha value is -1.76. The minimum Gasteiger partial charge on any atom is -0.410 e. The summed E-state index contributed by atoms with van der Waals surface area (Å²) >= 11 is 0. The first-order chi connectivity index (χ1) is 5.38. The van der Waals surface area contributed by atoms with Gasteiger partial charge >= 0.3 is 0 Å². The Bertz CT molecular complexity index is 259. The molecule has 4 heteroatoms. The summed E-state index contributed by atoms with van der Waals surface area (Å²) in [6.07, 6.45) is 7.00. The van der Waals surface area contributed by atoms with Crippen LogP contribution in [0.2, 0.25) is 0 Å². The van der Waals surface area contributed by atoms with Crippen LogP contribution < -0.4 is 5.32 Å². The van der Waals surface area contributed by atoms with E-state index in [0.717, 1.165) is 0 Å². The van der Waals surface area contributed by atoms with Gasteiger partial charge in [-0.25, -0.2) is 0 Å². The van der Waals surface area contributed by atoms with E-state index in [1.165, 1.54) is 0 Å². The number of nitrogens with zero attached hydrogens (tertiary/aromatic N) is 2. The van der Waals surface area contributed by atoms with Gasteiger partial charge in [-0.3, -0.25) is 0 Å². The number of rotatable bonds is 1. The van der Waals surface area contributed by atoms with Gasteiger partial charge in [0.25, 0.3) is 0 Å². The molecule has 0 aromatic rings. The number of allylic oxidation sites excluding steroid dienone is 2. The summed E-state index contributed by atoms with van der Waals surface area (Å²) < 4.78 is 0. The number of nitriles is 1. The molecule has 0 saturated carbocycles. The van der Waals surface area contributed by atoms with Gasteiger partial charge in [-0.15, -0.1) is 0 Å². The average molecular weight is 149 g/mol. The number of dihydropyridines is 1. The fourth-order valence-corrected chi connectivity index (χ4v) is 0.770. The Morgan fingerprint density at radius 3 is 2.91 bits per heavy atom.